The first-order chi connectivity index (χ1) is 21.0. The van der Waals surface area contributed by atoms with Crippen LogP contribution in [0.1, 0.15) is 90.3 Å². The number of phenols is 1. The molecule has 2 rings (SSSR count). The van der Waals surface area contributed by atoms with E-state index in [1.165, 1.54) is 11.0 Å². The number of esters is 1. The normalized spacial score (nSPS) is 12.5. The Morgan fingerprint density at radius 3 is 2.20 bits per heavy atom. The van der Waals surface area contributed by atoms with Crippen molar-refractivity contribution in [3.63, 3.8) is 0 Å². The number of para-hydroxylation sites is 1. The molecule has 44 heavy (non-hydrogen) atoms. The lowest BCUT2D eigenvalue weighted by Crippen LogP contribution is -2.54. The number of carbonyl (C=O) groups excluding carboxylic acids is 4. The molecule has 0 radical (unpaired) electrons. The zero-order valence-electron chi connectivity index (χ0n) is 26.8. The molecule has 2 atom stereocenters. The van der Waals surface area contributed by atoms with E-state index < -0.39 is 41.6 Å². The van der Waals surface area contributed by atoms with Crippen LogP contribution in [-0.4, -0.2) is 65.2 Å². The molecule has 10 nitrogen and oxygen atoms in total. The summed E-state index contributed by atoms with van der Waals surface area (Å²) in [6, 6.07) is 13.3. The second-order valence-electron chi connectivity index (χ2n) is 11.6. The van der Waals surface area contributed by atoms with E-state index in [9.17, 15) is 24.3 Å². The largest absolute Gasteiger partial charge is 0.508 e. The van der Waals surface area contributed by atoms with Gasteiger partial charge < -0.3 is 30.1 Å². The van der Waals surface area contributed by atoms with Gasteiger partial charge in [0, 0.05) is 25.1 Å². The Morgan fingerprint density at radius 2 is 1.57 bits per heavy atom. The minimum absolute atomic E-state index is 0.0100. The molecule has 0 aliphatic carbocycles. The Hall–Kier alpha value is -4.08. The fourth-order valence-corrected chi connectivity index (χ4v) is 4.74. The van der Waals surface area contributed by atoms with Crippen molar-refractivity contribution in [3.8, 4) is 5.75 Å². The fraction of sp³-hybridized carbons (Fsp3) is 0.529. The van der Waals surface area contributed by atoms with E-state index in [2.05, 4.69) is 17.6 Å². The van der Waals surface area contributed by atoms with E-state index in [0.29, 0.717) is 6.42 Å². The van der Waals surface area contributed by atoms with Gasteiger partial charge in [-0.15, -0.1) is 0 Å². The summed E-state index contributed by atoms with van der Waals surface area (Å²) in [5.74, 6) is -1.67. The van der Waals surface area contributed by atoms with Crippen molar-refractivity contribution in [3.05, 3.63) is 65.7 Å². The van der Waals surface area contributed by atoms with Gasteiger partial charge in [0.15, 0.2) is 0 Å². The number of benzene rings is 2. The average Bonchev–Trinajstić information content (AvgIpc) is 2.96. The highest BCUT2D eigenvalue weighted by Crippen LogP contribution is 2.30. The molecule has 2 unspecified atom stereocenters. The molecule has 0 spiro atoms. The second-order valence-corrected chi connectivity index (χ2v) is 11.6. The molecule has 3 N–H and O–H groups in total. The minimum Gasteiger partial charge on any atom is -0.508 e. The highest BCUT2D eigenvalue weighted by atomic mass is 16.6. The maximum absolute atomic E-state index is 14.5. The van der Waals surface area contributed by atoms with Gasteiger partial charge in [-0.2, -0.15) is 0 Å². The van der Waals surface area contributed by atoms with Crippen LogP contribution >= 0.6 is 0 Å². The van der Waals surface area contributed by atoms with Crippen molar-refractivity contribution in [2.24, 2.45) is 0 Å². The smallest absolute Gasteiger partial charge is 0.408 e. The molecule has 10 heteroatoms. The zero-order valence-corrected chi connectivity index (χ0v) is 26.8. The van der Waals surface area contributed by atoms with E-state index >= 15 is 0 Å². The van der Waals surface area contributed by atoms with Crippen LogP contribution in [0.2, 0.25) is 0 Å². The van der Waals surface area contributed by atoms with Crippen molar-refractivity contribution < 1.29 is 33.8 Å². The first-order valence-electron chi connectivity index (χ1n) is 15.5. The number of unbranched alkanes of at least 4 members (excludes halogenated alkanes) is 4. The minimum atomic E-state index is -1.23. The van der Waals surface area contributed by atoms with Gasteiger partial charge in [-0.25, -0.2) is 4.79 Å². The number of hydrogen-bond donors (Lipinski definition) is 3. The van der Waals surface area contributed by atoms with Crippen LogP contribution in [0.5, 0.6) is 5.75 Å². The van der Waals surface area contributed by atoms with Crippen molar-refractivity contribution in [1.82, 2.24) is 15.5 Å². The monoisotopic (exact) mass is 611 g/mol. The van der Waals surface area contributed by atoms with Gasteiger partial charge in [0.05, 0.1) is 13.0 Å². The summed E-state index contributed by atoms with van der Waals surface area (Å²) >= 11 is 0. The van der Waals surface area contributed by atoms with E-state index in [0.717, 1.165) is 31.2 Å². The van der Waals surface area contributed by atoms with E-state index in [-0.39, 0.29) is 43.9 Å². The van der Waals surface area contributed by atoms with E-state index in [1.54, 1.807) is 45.9 Å². The van der Waals surface area contributed by atoms with Gasteiger partial charge in [0.2, 0.25) is 11.8 Å². The van der Waals surface area contributed by atoms with Crippen LogP contribution in [0.3, 0.4) is 0 Å². The van der Waals surface area contributed by atoms with Gasteiger partial charge >= 0.3 is 12.1 Å². The number of carbonyl (C=O) groups is 4. The van der Waals surface area contributed by atoms with Crippen LogP contribution in [-0.2, 0) is 30.3 Å². The van der Waals surface area contributed by atoms with Crippen molar-refractivity contribution >= 4 is 23.9 Å². The first kappa shape index (κ1) is 36.1. The van der Waals surface area contributed by atoms with E-state index in [4.69, 9.17) is 9.47 Å². The molecule has 0 aliphatic heterocycles. The molecule has 0 saturated heterocycles. The molecule has 2 aromatic carbocycles. The topological polar surface area (TPSA) is 134 Å². The number of amides is 3. The molecule has 0 fully saturated rings. The number of nitrogens with one attached hydrogen (secondary N) is 2. The van der Waals surface area contributed by atoms with E-state index in [1.807, 2.05) is 30.3 Å². The molecule has 0 aliphatic rings. The summed E-state index contributed by atoms with van der Waals surface area (Å²) in [6.45, 7) is 9.43. The SMILES string of the molecule is CCCCCCCN(C(=O)C(Cc1ccccc1)NC(=O)OC(C)(C)C)C(C(=O)NCCC(=O)OCC)c1ccccc1O. The Morgan fingerprint density at radius 1 is 0.909 bits per heavy atom. The van der Waals surface area contributed by atoms with Crippen molar-refractivity contribution in [1.29, 1.82) is 0 Å². The van der Waals surface area contributed by atoms with Gasteiger partial charge in [-0.3, -0.25) is 14.4 Å². The lowest BCUT2D eigenvalue weighted by Gasteiger charge is -2.35. The fourth-order valence-electron chi connectivity index (χ4n) is 4.74. The zero-order chi connectivity index (χ0) is 32.5. The highest BCUT2D eigenvalue weighted by molar-refractivity contribution is 5.92. The number of hydrogen-bond acceptors (Lipinski definition) is 7. The van der Waals surface area contributed by atoms with Gasteiger partial charge in [-0.1, -0.05) is 81.1 Å². The third-order valence-electron chi connectivity index (χ3n) is 6.78. The number of alkyl carbamates (subject to hydrolysis) is 1. The van der Waals surface area contributed by atoms with Gasteiger partial charge in [-0.05, 0) is 45.7 Å². The number of aromatic hydroxyl groups is 1. The molecular weight excluding hydrogens is 562 g/mol. The second kappa shape index (κ2) is 18.6. The van der Waals surface area contributed by atoms with Crippen LogP contribution in [0.4, 0.5) is 4.79 Å². The number of ether oxygens (including phenoxy) is 2. The van der Waals surface area contributed by atoms with Crippen molar-refractivity contribution in [2.45, 2.75) is 97.2 Å². The van der Waals surface area contributed by atoms with Crippen molar-refractivity contribution in [2.75, 3.05) is 19.7 Å². The van der Waals surface area contributed by atoms with Crippen LogP contribution < -0.4 is 10.6 Å². The summed E-state index contributed by atoms with van der Waals surface area (Å²) in [5, 5.41) is 16.3. The molecule has 0 bridgehead atoms. The lowest BCUT2D eigenvalue weighted by molar-refractivity contribution is -0.144. The molecule has 0 aromatic heterocycles. The summed E-state index contributed by atoms with van der Waals surface area (Å²) < 4.78 is 10.5. The summed E-state index contributed by atoms with van der Waals surface area (Å²) in [7, 11) is 0. The van der Waals surface area contributed by atoms with Crippen LogP contribution in [0.25, 0.3) is 0 Å². The third kappa shape index (κ3) is 12.7. The molecule has 2 aromatic rings. The van der Waals surface area contributed by atoms with Crippen LogP contribution in [0.15, 0.2) is 54.6 Å². The van der Waals surface area contributed by atoms with Crippen LogP contribution in [0, 0.1) is 0 Å². The maximum Gasteiger partial charge on any atom is 0.408 e. The standard InChI is InChI=1S/C34H49N3O7/c1-6-8-9-10-16-23-37(30(26-19-14-15-20-28(26)38)31(40)35-22-21-29(39)43-7-2)32(41)27(24-25-17-12-11-13-18-25)36-33(42)44-34(3,4)5/h11-15,17-20,27,30,38H,6-10,16,21-24H2,1-5H3,(H,35,40)(H,36,42). The van der Waals surface area contributed by atoms with Gasteiger partial charge in [0.25, 0.3) is 0 Å². The number of nitrogens with zero attached hydrogens (tertiary/aromatic N) is 1. The highest BCUT2D eigenvalue weighted by Gasteiger charge is 2.37. The Bertz CT molecular complexity index is 1200. The lowest BCUT2D eigenvalue weighted by atomic mass is 9.99. The molecular formula is C34H49N3O7. The Balaban J connectivity index is 2.51. The summed E-state index contributed by atoms with van der Waals surface area (Å²) in [4.78, 5) is 54.6. The number of rotatable bonds is 17. The first-order valence-corrected chi connectivity index (χ1v) is 15.5. The average molecular weight is 612 g/mol. The molecule has 0 heterocycles. The summed E-state index contributed by atoms with van der Waals surface area (Å²) in [6.07, 6.45) is 3.85. The van der Waals surface area contributed by atoms with Gasteiger partial charge in [0.1, 0.15) is 23.4 Å². The predicted molar refractivity (Wildman–Crippen MR) is 169 cm³/mol. The third-order valence-corrected chi connectivity index (χ3v) is 6.78. The quantitative estimate of drug-likeness (QED) is 0.160. The molecule has 0 saturated carbocycles. The molecule has 3 amide bonds. The maximum atomic E-state index is 14.5. The Kier molecular flexibility index (Phi) is 15.2. The predicted octanol–water partition coefficient (Wildman–Crippen LogP) is 5.44. The Labute approximate surface area is 261 Å². The molecule has 242 valence electrons. The summed E-state index contributed by atoms with van der Waals surface area (Å²) in [5.41, 5.74) is 0.252. The number of phenolic OH excluding ortho intramolecular Hbond substituents is 1.